The maximum atomic E-state index is 14.9. The topological polar surface area (TPSA) is 113 Å². The van der Waals surface area contributed by atoms with E-state index in [4.69, 9.17) is 27.4 Å². The number of hydrogen-bond acceptors (Lipinski definition) is 9. The molecule has 45 heavy (non-hydrogen) atoms. The van der Waals surface area contributed by atoms with Crippen LogP contribution in [0.1, 0.15) is 52.7 Å². The standard InChI is InChI=1S/C33H53O9PSi2/c1-31(2,3)44(7,8)41-28-27-26(21-34)39-33(40-27,29(28)42-45(9,10)32(4,5)6)30(35)43(36,37-22-24-17-13-11-14-18-24)38-23-25-19-15-12-16-20-25/h11-20,26-30,34-35H,21-23H2,1-10H3/t26-,27+,28+,29-,30?,33?/m1/s1. The average molecular weight is 681 g/mol. The highest BCUT2D eigenvalue weighted by atomic mass is 31.2. The van der Waals surface area contributed by atoms with Gasteiger partial charge < -0.3 is 37.6 Å². The van der Waals surface area contributed by atoms with Gasteiger partial charge in [-0.25, -0.2) is 0 Å². The van der Waals surface area contributed by atoms with Crippen molar-refractivity contribution in [1.82, 2.24) is 0 Å². The molecule has 0 aromatic heterocycles. The summed E-state index contributed by atoms with van der Waals surface area (Å²) in [6.07, 6.45) is -3.28. The van der Waals surface area contributed by atoms with Crippen molar-refractivity contribution in [2.45, 2.75) is 127 Å². The molecule has 0 radical (unpaired) electrons. The second-order valence-electron chi connectivity index (χ2n) is 15.2. The molecule has 4 rings (SSSR count). The van der Waals surface area contributed by atoms with Crippen LogP contribution in [0.4, 0.5) is 0 Å². The number of ether oxygens (including phenoxy) is 2. The fourth-order valence-corrected chi connectivity index (χ4v) is 9.31. The summed E-state index contributed by atoms with van der Waals surface area (Å²) in [5.41, 5.74) is 1.51. The van der Waals surface area contributed by atoms with Crippen molar-refractivity contribution in [3.8, 4) is 0 Å². The highest BCUT2D eigenvalue weighted by Crippen LogP contribution is 2.63. The van der Waals surface area contributed by atoms with Crippen molar-refractivity contribution < 1.29 is 42.2 Å². The quantitative estimate of drug-likeness (QED) is 0.168. The van der Waals surface area contributed by atoms with Crippen LogP contribution in [0.3, 0.4) is 0 Å². The van der Waals surface area contributed by atoms with E-state index < -0.39 is 60.3 Å². The fraction of sp³-hybridized carbons (Fsp3) is 0.636. The van der Waals surface area contributed by atoms with E-state index in [9.17, 15) is 14.8 Å². The van der Waals surface area contributed by atoms with Gasteiger partial charge in [-0.2, -0.15) is 0 Å². The Kier molecular flexibility index (Phi) is 10.9. The zero-order valence-electron chi connectivity index (χ0n) is 28.5. The molecule has 2 N–H and O–H groups in total. The smallest absolute Gasteiger partial charge is 0.365 e. The zero-order valence-corrected chi connectivity index (χ0v) is 31.4. The first-order valence-electron chi connectivity index (χ1n) is 15.7. The minimum Gasteiger partial charge on any atom is -0.408 e. The zero-order chi connectivity index (χ0) is 33.5. The van der Waals surface area contributed by atoms with Gasteiger partial charge in [0.05, 0.1) is 19.8 Å². The Morgan fingerprint density at radius 1 is 0.800 bits per heavy atom. The van der Waals surface area contributed by atoms with E-state index in [0.717, 1.165) is 11.1 Å². The van der Waals surface area contributed by atoms with Gasteiger partial charge in [0.1, 0.15) is 24.4 Å². The third-order valence-corrected chi connectivity index (χ3v) is 20.7. The Bertz CT molecular complexity index is 1270. The van der Waals surface area contributed by atoms with Crippen molar-refractivity contribution in [3.63, 3.8) is 0 Å². The van der Waals surface area contributed by atoms with Gasteiger partial charge in [-0.15, -0.1) is 0 Å². The summed E-state index contributed by atoms with van der Waals surface area (Å²) >= 11 is 0. The lowest BCUT2D eigenvalue weighted by molar-refractivity contribution is -0.250. The molecular weight excluding hydrogens is 628 g/mol. The minimum absolute atomic E-state index is 0.0788. The van der Waals surface area contributed by atoms with Gasteiger partial charge in [0.15, 0.2) is 16.6 Å². The molecule has 0 aliphatic carbocycles. The van der Waals surface area contributed by atoms with Crippen molar-refractivity contribution in [2.75, 3.05) is 6.61 Å². The first kappa shape index (κ1) is 36.6. The Hall–Kier alpha value is -1.22. The predicted molar refractivity (Wildman–Crippen MR) is 180 cm³/mol. The monoisotopic (exact) mass is 680 g/mol. The Morgan fingerprint density at radius 3 is 1.67 bits per heavy atom. The third-order valence-electron chi connectivity index (χ3n) is 9.85. The maximum absolute atomic E-state index is 14.9. The summed E-state index contributed by atoms with van der Waals surface area (Å²) in [4.78, 5) is 0. The second-order valence-corrected chi connectivity index (χ2v) is 26.8. The van der Waals surface area contributed by atoms with Gasteiger partial charge in [-0.05, 0) is 47.4 Å². The Balaban J connectivity index is 1.79. The van der Waals surface area contributed by atoms with Crippen molar-refractivity contribution >= 4 is 24.2 Å². The first-order valence-corrected chi connectivity index (χ1v) is 23.2. The van der Waals surface area contributed by atoms with Crippen LogP contribution in [0, 0.1) is 0 Å². The highest BCUT2D eigenvalue weighted by Gasteiger charge is 2.74. The number of hydrogen-bond donors (Lipinski definition) is 2. The van der Waals surface area contributed by atoms with Gasteiger partial charge in [0.2, 0.25) is 11.6 Å². The van der Waals surface area contributed by atoms with Gasteiger partial charge >= 0.3 is 7.60 Å². The summed E-state index contributed by atoms with van der Waals surface area (Å²) in [5, 5.41) is 22.4. The molecule has 2 heterocycles. The predicted octanol–water partition coefficient (Wildman–Crippen LogP) is 7.20. The molecule has 2 fully saturated rings. The van der Waals surface area contributed by atoms with Crippen molar-refractivity contribution in [3.05, 3.63) is 71.8 Å². The molecule has 2 aromatic carbocycles. The Morgan fingerprint density at radius 2 is 1.24 bits per heavy atom. The van der Waals surface area contributed by atoms with E-state index in [-0.39, 0.29) is 29.9 Å². The van der Waals surface area contributed by atoms with E-state index in [1.54, 1.807) is 0 Å². The van der Waals surface area contributed by atoms with Crippen molar-refractivity contribution in [2.24, 2.45) is 0 Å². The summed E-state index contributed by atoms with van der Waals surface area (Å²) in [6, 6.07) is 18.5. The molecule has 2 aliphatic heterocycles. The molecule has 2 unspecified atom stereocenters. The summed E-state index contributed by atoms with van der Waals surface area (Å²) in [5.74, 6) is -3.90. The molecule has 2 aliphatic rings. The number of rotatable bonds is 13. The largest absolute Gasteiger partial charge is 0.408 e. The summed E-state index contributed by atoms with van der Waals surface area (Å²) in [6.45, 7) is 20.7. The lowest BCUT2D eigenvalue weighted by Crippen LogP contribution is -2.64. The number of aliphatic hydroxyl groups is 2. The van der Waals surface area contributed by atoms with E-state index in [0.29, 0.717) is 0 Å². The number of benzene rings is 2. The molecule has 0 saturated carbocycles. The average Bonchev–Trinajstić information content (AvgIpc) is 3.49. The molecule has 2 aromatic rings. The number of fused-ring (bicyclic) bond motifs is 2. The molecule has 9 nitrogen and oxygen atoms in total. The summed E-state index contributed by atoms with van der Waals surface area (Å²) in [7, 11) is -9.43. The maximum Gasteiger partial charge on any atom is 0.365 e. The molecule has 2 bridgehead atoms. The Labute approximate surface area is 271 Å². The van der Waals surface area contributed by atoms with Gasteiger partial charge in [0, 0.05) is 0 Å². The van der Waals surface area contributed by atoms with Crippen LogP contribution in [0.5, 0.6) is 0 Å². The molecule has 6 atom stereocenters. The minimum atomic E-state index is -4.42. The van der Waals surface area contributed by atoms with Gasteiger partial charge in [-0.3, -0.25) is 4.57 Å². The van der Waals surface area contributed by atoms with Crippen LogP contribution in [0.2, 0.25) is 36.3 Å². The fourth-order valence-electron chi connectivity index (χ4n) is 5.01. The van der Waals surface area contributed by atoms with Crippen LogP contribution >= 0.6 is 7.60 Å². The van der Waals surface area contributed by atoms with E-state index in [1.807, 2.05) is 60.7 Å². The molecular formula is C33H53O9PSi2. The SMILES string of the molecule is CC(C)(C)[Si](C)(C)O[C@H]1[C@H]2OC(C(O)P(=O)(OCc3ccccc3)OCc3ccccc3)(O[C@@H]2CO)[C@@H]1O[Si](C)(C)C(C)(C)C. The van der Waals surface area contributed by atoms with Crippen LogP contribution in [-0.2, 0) is 45.2 Å². The molecule has 0 spiro atoms. The van der Waals surface area contributed by atoms with E-state index in [1.165, 1.54) is 0 Å². The van der Waals surface area contributed by atoms with Crippen LogP contribution in [0.25, 0.3) is 0 Å². The molecule has 2 saturated heterocycles. The van der Waals surface area contributed by atoms with Crippen LogP contribution in [-0.4, -0.2) is 69.5 Å². The normalized spacial score (nSPS) is 26.8. The highest BCUT2D eigenvalue weighted by molar-refractivity contribution is 7.54. The first-order chi connectivity index (χ1) is 20.8. The van der Waals surface area contributed by atoms with E-state index >= 15 is 0 Å². The van der Waals surface area contributed by atoms with E-state index in [2.05, 4.69) is 67.7 Å². The second kappa shape index (κ2) is 13.4. The number of aliphatic hydroxyl groups excluding tert-OH is 2. The summed E-state index contributed by atoms with van der Waals surface area (Å²) < 4.78 is 53.9. The molecule has 0 amide bonds. The van der Waals surface area contributed by atoms with Crippen molar-refractivity contribution in [1.29, 1.82) is 0 Å². The van der Waals surface area contributed by atoms with Crippen LogP contribution in [0.15, 0.2) is 60.7 Å². The van der Waals surface area contributed by atoms with Gasteiger partial charge in [-0.1, -0.05) is 102 Å². The molecule has 12 heteroatoms. The molecule has 252 valence electrons. The lowest BCUT2D eigenvalue weighted by atomic mass is 9.98. The van der Waals surface area contributed by atoms with Gasteiger partial charge in [0.25, 0.3) is 0 Å². The lowest BCUT2D eigenvalue weighted by Gasteiger charge is -2.49. The third kappa shape index (κ3) is 7.60. The van der Waals surface area contributed by atoms with Crippen LogP contribution < -0.4 is 0 Å².